The average molecular weight is 178 g/mol. The summed E-state index contributed by atoms with van der Waals surface area (Å²) in [6.07, 6.45) is 0. The van der Waals surface area contributed by atoms with Crippen LogP contribution in [-0.4, -0.2) is 7.11 Å². The van der Waals surface area contributed by atoms with Gasteiger partial charge < -0.3 is 4.74 Å². The molecule has 0 aliphatic rings. The van der Waals surface area contributed by atoms with Crippen molar-refractivity contribution in [1.82, 2.24) is 0 Å². The van der Waals surface area contributed by atoms with Crippen LogP contribution in [0.25, 0.3) is 0 Å². The summed E-state index contributed by atoms with van der Waals surface area (Å²) >= 11 is 0. The molecule has 0 fully saturated rings. The Hall–Kier alpha value is -0.980. The molecule has 72 valence electrons. The maximum atomic E-state index is 5.29. The van der Waals surface area contributed by atoms with Crippen LogP contribution in [0.2, 0.25) is 0 Å². The summed E-state index contributed by atoms with van der Waals surface area (Å²) in [5.74, 6) is 1.56. The Morgan fingerprint density at radius 3 is 2.23 bits per heavy atom. The zero-order valence-corrected chi connectivity index (χ0v) is 9.14. The van der Waals surface area contributed by atoms with Crippen LogP contribution in [0.4, 0.5) is 0 Å². The van der Waals surface area contributed by atoms with Crippen molar-refractivity contribution in [1.29, 1.82) is 0 Å². The lowest BCUT2D eigenvalue weighted by Crippen LogP contribution is -1.98. The van der Waals surface area contributed by atoms with Gasteiger partial charge in [-0.2, -0.15) is 0 Å². The molecule has 13 heavy (non-hydrogen) atoms. The number of ether oxygens (including phenoxy) is 1. The predicted molar refractivity (Wildman–Crippen MR) is 56.6 cm³/mol. The van der Waals surface area contributed by atoms with Gasteiger partial charge in [0.15, 0.2) is 0 Å². The van der Waals surface area contributed by atoms with Crippen molar-refractivity contribution in [3.05, 3.63) is 28.8 Å². The maximum absolute atomic E-state index is 5.29. The van der Waals surface area contributed by atoms with Gasteiger partial charge in [0, 0.05) is 0 Å². The van der Waals surface area contributed by atoms with Crippen LogP contribution in [0.3, 0.4) is 0 Å². The number of hydrogen-bond acceptors (Lipinski definition) is 1. The smallest absolute Gasteiger partial charge is 0.122 e. The SMILES string of the molecule is COc1ccc(C)c(C(C)C)c1C. The van der Waals surface area contributed by atoms with Crippen molar-refractivity contribution in [3.8, 4) is 5.75 Å². The molecule has 0 atom stereocenters. The van der Waals surface area contributed by atoms with Gasteiger partial charge in [-0.15, -0.1) is 0 Å². The summed E-state index contributed by atoms with van der Waals surface area (Å²) in [6, 6.07) is 4.16. The van der Waals surface area contributed by atoms with Gasteiger partial charge in [0.25, 0.3) is 0 Å². The number of rotatable bonds is 2. The van der Waals surface area contributed by atoms with Gasteiger partial charge in [0.05, 0.1) is 7.11 Å². The number of aryl methyl sites for hydroxylation is 1. The Bertz CT molecular complexity index is 300. The van der Waals surface area contributed by atoms with Gasteiger partial charge in [0.1, 0.15) is 5.75 Å². The molecular formula is C12H18O. The minimum atomic E-state index is 0.565. The highest BCUT2D eigenvalue weighted by Crippen LogP contribution is 2.29. The van der Waals surface area contributed by atoms with E-state index >= 15 is 0 Å². The molecule has 1 nitrogen and oxygen atoms in total. The average Bonchev–Trinajstić information content (AvgIpc) is 2.04. The molecule has 1 aromatic rings. The highest BCUT2D eigenvalue weighted by atomic mass is 16.5. The van der Waals surface area contributed by atoms with Gasteiger partial charge >= 0.3 is 0 Å². The molecule has 1 heteroatoms. The van der Waals surface area contributed by atoms with Gasteiger partial charge in [-0.25, -0.2) is 0 Å². The second-order valence-corrected chi connectivity index (χ2v) is 3.78. The molecule has 0 heterocycles. The maximum Gasteiger partial charge on any atom is 0.122 e. The first-order valence-corrected chi connectivity index (χ1v) is 4.72. The van der Waals surface area contributed by atoms with Crippen LogP contribution in [-0.2, 0) is 0 Å². The second-order valence-electron chi connectivity index (χ2n) is 3.78. The summed E-state index contributed by atoms with van der Waals surface area (Å²) in [4.78, 5) is 0. The Balaban J connectivity index is 3.30. The van der Waals surface area contributed by atoms with Crippen LogP contribution >= 0.6 is 0 Å². The van der Waals surface area contributed by atoms with Crippen LogP contribution < -0.4 is 4.74 Å². The highest BCUT2D eigenvalue weighted by Gasteiger charge is 2.10. The summed E-state index contributed by atoms with van der Waals surface area (Å²) in [5, 5.41) is 0. The fourth-order valence-electron chi connectivity index (χ4n) is 1.95. The van der Waals surface area contributed by atoms with E-state index in [2.05, 4.69) is 33.8 Å². The summed E-state index contributed by atoms with van der Waals surface area (Å²) in [6.45, 7) is 8.71. The van der Waals surface area contributed by atoms with Crippen LogP contribution in [0.15, 0.2) is 12.1 Å². The molecule has 1 aromatic carbocycles. The second kappa shape index (κ2) is 3.82. The van der Waals surface area contributed by atoms with Crippen molar-refractivity contribution in [3.63, 3.8) is 0 Å². The Kier molecular flexibility index (Phi) is 2.97. The lowest BCUT2D eigenvalue weighted by Gasteiger charge is -2.16. The summed E-state index contributed by atoms with van der Waals surface area (Å²) in [7, 11) is 1.72. The monoisotopic (exact) mass is 178 g/mol. The first-order chi connectivity index (χ1) is 6.07. The van der Waals surface area contributed by atoms with Gasteiger partial charge in [-0.1, -0.05) is 19.9 Å². The first-order valence-electron chi connectivity index (χ1n) is 4.72. The molecule has 0 saturated heterocycles. The van der Waals surface area contributed by atoms with Crippen molar-refractivity contribution in [2.24, 2.45) is 0 Å². The van der Waals surface area contributed by atoms with E-state index in [1.54, 1.807) is 7.11 Å². The molecule has 0 N–H and O–H groups in total. The van der Waals surface area contributed by atoms with Gasteiger partial charge in [0.2, 0.25) is 0 Å². The highest BCUT2D eigenvalue weighted by molar-refractivity contribution is 5.45. The third kappa shape index (κ3) is 1.85. The van der Waals surface area contributed by atoms with Gasteiger partial charge in [-0.05, 0) is 42.5 Å². The molecule has 0 saturated carbocycles. The van der Waals surface area contributed by atoms with E-state index in [4.69, 9.17) is 4.74 Å². The minimum Gasteiger partial charge on any atom is -0.496 e. The Morgan fingerprint density at radius 2 is 1.77 bits per heavy atom. The molecule has 0 radical (unpaired) electrons. The van der Waals surface area contributed by atoms with E-state index in [-0.39, 0.29) is 0 Å². The molecule has 0 aliphatic heterocycles. The standard InChI is InChI=1S/C12H18O/c1-8(2)12-9(3)6-7-11(13-5)10(12)4/h6-8H,1-5H3. The Labute approximate surface area is 80.7 Å². The molecule has 0 bridgehead atoms. The lowest BCUT2D eigenvalue weighted by atomic mass is 9.93. The molecule has 0 spiro atoms. The summed E-state index contributed by atoms with van der Waals surface area (Å²) < 4.78 is 5.29. The molecule has 0 unspecified atom stereocenters. The molecule has 1 rings (SSSR count). The quantitative estimate of drug-likeness (QED) is 0.674. The zero-order valence-electron chi connectivity index (χ0n) is 9.14. The van der Waals surface area contributed by atoms with E-state index in [1.165, 1.54) is 16.7 Å². The number of methoxy groups -OCH3 is 1. The van der Waals surface area contributed by atoms with Crippen LogP contribution in [0.5, 0.6) is 5.75 Å². The van der Waals surface area contributed by atoms with Crippen LogP contribution in [0.1, 0.15) is 36.5 Å². The largest absolute Gasteiger partial charge is 0.496 e. The van der Waals surface area contributed by atoms with E-state index in [0.717, 1.165) is 5.75 Å². The number of hydrogen-bond donors (Lipinski definition) is 0. The summed E-state index contributed by atoms with van der Waals surface area (Å²) in [5.41, 5.74) is 4.05. The Morgan fingerprint density at radius 1 is 1.15 bits per heavy atom. The van der Waals surface area contributed by atoms with Crippen molar-refractivity contribution in [2.45, 2.75) is 33.6 Å². The van der Waals surface area contributed by atoms with Crippen molar-refractivity contribution >= 4 is 0 Å². The normalized spacial score (nSPS) is 10.6. The third-order valence-electron chi connectivity index (χ3n) is 2.48. The minimum absolute atomic E-state index is 0.565. The van der Waals surface area contributed by atoms with Crippen molar-refractivity contribution < 1.29 is 4.74 Å². The predicted octanol–water partition coefficient (Wildman–Crippen LogP) is 3.44. The van der Waals surface area contributed by atoms with E-state index in [1.807, 2.05) is 6.07 Å². The first kappa shape index (κ1) is 10.1. The van der Waals surface area contributed by atoms with E-state index < -0.39 is 0 Å². The van der Waals surface area contributed by atoms with E-state index in [0.29, 0.717) is 5.92 Å². The fourth-order valence-corrected chi connectivity index (χ4v) is 1.95. The molecular weight excluding hydrogens is 160 g/mol. The van der Waals surface area contributed by atoms with Crippen LogP contribution in [0, 0.1) is 13.8 Å². The fraction of sp³-hybridized carbons (Fsp3) is 0.500. The topological polar surface area (TPSA) is 9.23 Å². The molecule has 0 aliphatic carbocycles. The van der Waals surface area contributed by atoms with Gasteiger partial charge in [-0.3, -0.25) is 0 Å². The lowest BCUT2D eigenvalue weighted by molar-refractivity contribution is 0.410. The number of benzene rings is 1. The van der Waals surface area contributed by atoms with E-state index in [9.17, 15) is 0 Å². The molecule has 0 amide bonds. The third-order valence-corrected chi connectivity index (χ3v) is 2.48. The van der Waals surface area contributed by atoms with Crippen molar-refractivity contribution in [2.75, 3.05) is 7.11 Å². The molecule has 0 aromatic heterocycles. The zero-order chi connectivity index (χ0) is 10.0.